The van der Waals surface area contributed by atoms with Crippen molar-refractivity contribution in [3.8, 4) is 5.75 Å². The van der Waals surface area contributed by atoms with E-state index in [9.17, 15) is 9.59 Å². The number of benzene rings is 1. The fourth-order valence-corrected chi connectivity index (χ4v) is 3.16. The number of nitrogens with zero attached hydrogens (tertiary/aromatic N) is 1. The van der Waals surface area contributed by atoms with Crippen molar-refractivity contribution >= 4 is 37.8 Å². The van der Waals surface area contributed by atoms with Gasteiger partial charge in [0.05, 0.1) is 23.7 Å². The zero-order chi connectivity index (χ0) is 15.6. The van der Waals surface area contributed by atoms with E-state index in [2.05, 4.69) is 31.9 Å². The van der Waals surface area contributed by atoms with E-state index in [0.717, 1.165) is 4.47 Å². The molecule has 21 heavy (non-hydrogen) atoms. The molecular weight excluding hydrogens is 406 g/mol. The molecule has 0 atom stereocenters. The van der Waals surface area contributed by atoms with Gasteiger partial charge in [-0.1, -0.05) is 0 Å². The molecule has 0 radical (unpaired) electrons. The van der Waals surface area contributed by atoms with Crippen molar-refractivity contribution < 1.29 is 14.6 Å². The number of hydrogen-bond donors (Lipinski definition) is 1. The summed E-state index contributed by atoms with van der Waals surface area (Å²) in [5.41, 5.74) is 0.554. The molecule has 1 N–H and O–H groups in total. The van der Waals surface area contributed by atoms with Crippen molar-refractivity contribution in [3.05, 3.63) is 60.9 Å². The summed E-state index contributed by atoms with van der Waals surface area (Å²) in [6.45, 7) is 0.209. The average molecular weight is 417 g/mol. The maximum absolute atomic E-state index is 12.1. The highest BCUT2D eigenvalue weighted by Gasteiger charge is 2.11. The number of methoxy groups -OCH3 is 1. The summed E-state index contributed by atoms with van der Waals surface area (Å²) in [6, 6.07) is 6.20. The Morgan fingerprint density at radius 2 is 2.05 bits per heavy atom. The first-order valence-electron chi connectivity index (χ1n) is 5.88. The van der Waals surface area contributed by atoms with Crippen LogP contribution < -0.4 is 10.3 Å². The Balaban J connectivity index is 2.50. The molecule has 5 nitrogen and oxygen atoms in total. The number of ether oxygens (including phenoxy) is 1. The highest BCUT2D eigenvalue weighted by atomic mass is 79.9. The van der Waals surface area contributed by atoms with Crippen molar-refractivity contribution in [1.82, 2.24) is 4.57 Å². The first kappa shape index (κ1) is 15.8. The molecule has 0 saturated carbocycles. The molecule has 0 fully saturated rings. The van der Waals surface area contributed by atoms with Gasteiger partial charge in [0.1, 0.15) is 5.75 Å². The minimum Gasteiger partial charge on any atom is -0.496 e. The van der Waals surface area contributed by atoms with Crippen LogP contribution in [-0.4, -0.2) is 22.8 Å². The number of halogens is 2. The van der Waals surface area contributed by atoms with Gasteiger partial charge in [0, 0.05) is 16.2 Å². The van der Waals surface area contributed by atoms with Crippen LogP contribution in [-0.2, 0) is 6.54 Å². The summed E-state index contributed by atoms with van der Waals surface area (Å²) in [5, 5.41) is 9.06. The molecule has 1 aromatic heterocycles. The Kier molecular flexibility index (Phi) is 4.84. The van der Waals surface area contributed by atoms with Crippen molar-refractivity contribution in [3.63, 3.8) is 0 Å². The van der Waals surface area contributed by atoms with Crippen LogP contribution in [0, 0.1) is 0 Å². The summed E-state index contributed by atoms with van der Waals surface area (Å²) in [4.78, 5) is 23.1. The molecule has 0 unspecified atom stereocenters. The highest BCUT2D eigenvalue weighted by Crippen LogP contribution is 2.22. The zero-order valence-electron chi connectivity index (χ0n) is 11.0. The molecule has 2 rings (SSSR count). The first-order chi connectivity index (χ1) is 9.92. The number of pyridine rings is 1. The second-order valence-electron chi connectivity index (χ2n) is 4.27. The van der Waals surface area contributed by atoms with Gasteiger partial charge < -0.3 is 14.4 Å². The number of aromatic carboxylic acids is 1. The summed E-state index contributed by atoms with van der Waals surface area (Å²) in [6.07, 6.45) is 1.64. The van der Waals surface area contributed by atoms with E-state index in [4.69, 9.17) is 9.84 Å². The van der Waals surface area contributed by atoms with Crippen LogP contribution in [0.15, 0.2) is 44.2 Å². The molecule has 2 aromatic rings. The van der Waals surface area contributed by atoms with E-state index in [1.807, 2.05) is 0 Å². The van der Waals surface area contributed by atoms with E-state index in [0.29, 0.717) is 15.8 Å². The Morgan fingerprint density at radius 1 is 1.33 bits per heavy atom. The lowest BCUT2D eigenvalue weighted by molar-refractivity contribution is 0.0696. The average Bonchev–Trinajstić information content (AvgIpc) is 2.44. The molecule has 0 aliphatic heterocycles. The summed E-state index contributed by atoms with van der Waals surface area (Å²) < 4.78 is 7.85. The van der Waals surface area contributed by atoms with Crippen LogP contribution in [0.25, 0.3) is 0 Å². The van der Waals surface area contributed by atoms with Crippen LogP contribution in [0.1, 0.15) is 15.9 Å². The highest BCUT2D eigenvalue weighted by molar-refractivity contribution is 9.11. The van der Waals surface area contributed by atoms with Crippen LogP contribution >= 0.6 is 31.9 Å². The largest absolute Gasteiger partial charge is 0.496 e. The maximum Gasteiger partial charge on any atom is 0.335 e. The minimum absolute atomic E-state index is 0.146. The molecule has 0 saturated heterocycles. The van der Waals surface area contributed by atoms with Gasteiger partial charge in [0.25, 0.3) is 5.56 Å². The Labute approximate surface area is 137 Å². The lowest BCUT2D eigenvalue weighted by Gasteiger charge is -2.12. The van der Waals surface area contributed by atoms with E-state index in [1.165, 1.54) is 23.8 Å². The van der Waals surface area contributed by atoms with Crippen molar-refractivity contribution in [2.24, 2.45) is 0 Å². The molecule has 1 aromatic carbocycles. The van der Waals surface area contributed by atoms with Gasteiger partial charge in [-0.25, -0.2) is 4.79 Å². The fourth-order valence-electron chi connectivity index (χ4n) is 1.90. The number of aromatic nitrogens is 1. The molecule has 0 aliphatic rings. The summed E-state index contributed by atoms with van der Waals surface area (Å²) in [5.74, 6) is -0.496. The van der Waals surface area contributed by atoms with Crippen molar-refractivity contribution in [2.75, 3.05) is 7.11 Å². The standard InChI is InChI=1S/C14H11Br2NO4/c1-21-12-3-2-8(14(19)20)4-9(12)6-17-7-10(15)5-11(16)13(17)18/h2-5,7H,6H2,1H3,(H,19,20). The number of carboxylic acid groups (broad SMARTS) is 1. The monoisotopic (exact) mass is 415 g/mol. The maximum atomic E-state index is 12.1. The Bertz CT molecular complexity index is 755. The van der Waals surface area contributed by atoms with Gasteiger partial charge in [-0.05, 0) is 56.1 Å². The predicted molar refractivity (Wildman–Crippen MR) is 85.2 cm³/mol. The Morgan fingerprint density at radius 3 is 2.67 bits per heavy atom. The van der Waals surface area contributed by atoms with Gasteiger partial charge in [-0.2, -0.15) is 0 Å². The van der Waals surface area contributed by atoms with Gasteiger partial charge in [-0.15, -0.1) is 0 Å². The minimum atomic E-state index is -1.03. The predicted octanol–water partition coefficient (Wildman–Crippen LogP) is 3.13. The molecule has 0 aliphatic carbocycles. The van der Waals surface area contributed by atoms with E-state index < -0.39 is 5.97 Å². The molecule has 0 amide bonds. The van der Waals surface area contributed by atoms with E-state index in [1.54, 1.807) is 18.3 Å². The molecule has 7 heteroatoms. The normalized spacial score (nSPS) is 10.4. The van der Waals surface area contributed by atoms with E-state index in [-0.39, 0.29) is 17.7 Å². The summed E-state index contributed by atoms with van der Waals surface area (Å²) >= 11 is 6.51. The molecule has 110 valence electrons. The fraction of sp³-hybridized carbons (Fsp3) is 0.143. The third-order valence-corrected chi connectivity index (χ3v) is 3.88. The third kappa shape index (κ3) is 3.54. The van der Waals surface area contributed by atoms with Gasteiger partial charge in [0.2, 0.25) is 0 Å². The van der Waals surface area contributed by atoms with Gasteiger partial charge >= 0.3 is 5.97 Å². The lowest BCUT2D eigenvalue weighted by Crippen LogP contribution is -2.21. The lowest BCUT2D eigenvalue weighted by atomic mass is 10.1. The number of carbonyl (C=O) groups is 1. The quantitative estimate of drug-likeness (QED) is 0.831. The number of rotatable bonds is 4. The second-order valence-corrected chi connectivity index (χ2v) is 6.04. The van der Waals surface area contributed by atoms with Gasteiger partial charge in [0.15, 0.2) is 0 Å². The zero-order valence-corrected chi connectivity index (χ0v) is 14.1. The van der Waals surface area contributed by atoms with Gasteiger partial charge in [-0.3, -0.25) is 4.79 Å². The number of carboxylic acids is 1. The first-order valence-corrected chi connectivity index (χ1v) is 7.46. The van der Waals surface area contributed by atoms with Crippen molar-refractivity contribution in [1.29, 1.82) is 0 Å². The second kappa shape index (κ2) is 6.44. The molecular formula is C14H11Br2NO4. The smallest absolute Gasteiger partial charge is 0.335 e. The Hall–Kier alpha value is -1.60. The van der Waals surface area contributed by atoms with Crippen LogP contribution in [0.5, 0.6) is 5.75 Å². The van der Waals surface area contributed by atoms with Crippen molar-refractivity contribution in [2.45, 2.75) is 6.54 Å². The molecule has 0 spiro atoms. The molecule has 0 bridgehead atoms. The van der Waals surface area contributed by atoms with Crippen LogP contribution in [0.4, 0.5) is 0 Å². The number of hydrogen-bond acceptors (Lipinski definition) is 3. The SMILES string of the molecule is COc1ccc(C(=O)O)cc1Cn1cc(Br)cc(Br)c1=O. The van der Waals surface area contributed by atoms with E-state index >= 15 is 0 Å². The van der Waals surface area contributed by atoms with Crippen LogP contribution in [0.3, 0.4) is 0 Å². The van der Waals surface area contributed by atoms with Crippen LogP contribution in [0.2, 0.25) is 0 Å². The summed E-state index contributed by atoms with van der Waals surface area (Å²) in [7, 11) is 1.50. The third-order valence-electron chi connectivity index (χ3n) is 2.88. The molecule has 1 heterocycles. The topological polar surface area (TPSA) is 68.5 Å².